The maximum Gasteiger partial charge on any atom is 0.226 e. The van der Waals surface area contributed by atoms with Crippen molar-refractivity contribution in [1.82, 2.24) is 4.90 Å². The van der Waals surface area contributed by atoms with Gasteiger partial charge in [0.25, 0.3) is 0 Å². The van der Waals surface area contributed by atoms with E-state index in [2.05, 4.69) is 5.32 Å². The van der Waals surface area contributed by atoms with E-state index in [0.29, 0.717) is 30.2 Å². The summed E-state index contributed by atoms with van der Waals surface area (Å²) >= 11 is 5.96. The van der Waals surface area contributed by atoms with Crippen molar-refractivity contribution in [1.29, 1.82) is 0 Å². The van der Waals surface area contributed by atoms with Crippen molar-refractivity contribution in [3.05, 3.63) is 64.9 Å². The Morgan fingerprint density at radius 2 is 1.84 bits per heavy atom. The van der Waals surface area contributed by atoms with E-state index in [1.807, 2.05) is 18.2 Å². The molecule has 0 heterocycles. The molecule has 2 amide bonds. The molecule has 6 heteroatoms. The van der Waals surface area contributed by atoms with Crippen LogP contribution in [0.3, 0.4) is 0 Å². The van der Waals surface area contributed by atoms with Crippen LogP contribution >= 0.6 is 11.6 Å². The summed E-state index contributed by atoms with van der Waals surface area (Å²) < 4.78 is 12.9. The normalized spacial score (nSPS) is 10.4. The van der Waals surface area contributed by atoms with Crippen molar-refractivity contribution < 1.29 is 14.0 Å². The fraction of sp³-hybridized carbons (Fsp3) is 0.263. The molecular formula is C19H20ClFN2O2. The van der Waals surface area contributed by atoms with Gasteiger partial charge in [-0.15, -0.1) is 0 Å². The van der Waals surface area contributed by atoms with Gasteiger partial charge in [-0.25, -0.2) is 4.39 Å². The van der Waals surface area contributed by atoms with Gasteiger partial charge in [0.2, 0.25) is 11.8 Å². The molecule has 2 aromatic rings. The molecule has 0 saturated carbocycles. The first kappa shape index (κ1) is 18.9. The predicted octanol–water partition coefficient (Wildman–Crippen LogP) is 3.90. The Morgan fingerprint density at radius 1 is 1.12 bits per heavy atom. The topological polar surface area (TPSA) is 49.4 Å². The monoisotopic (exact) mass is 362 g/mol. The highest BCUT2D eigenvalue weighted by Crippen LogP contribution is 2.12. The zero-order chi connectivity index (χ0) is 18.2. The minimum atomic E-state index is -0.359. The highest BCUT2D eigenvalue weighted by Gasteiger charge is 2.11. The molecule has 0 spiro atoms. The molecule has 0 radical (unpaired) electrons. The summed E-state index contributed by atoms with van der Waals surface area (Å²) in [6.45, 7) is 2.32. The molecule has 0 aromatic heterocycles. The third-order valence-electron chi connectivity index (χ3n) is 3.74. The lowest BCUT2D eigenvalue weighted by atomic mass is 10.1. The van der Waals surface area contributed by atoms with Crippen LogP contribution in [0.25, 0.3) is 0 Å². The average molecular weight is 363 g/mol. The number of hydrogen-bond acceptors (Lipinski definition) is 2. The van der Waals surface area contributed by atoms with E-state index in [4.69, 9.17) is 11.6 Å². The van der Waals surface area contributed by atoms with Gasteiger partial charge in [0.15, 0.2) is 0 Å². The molecule has 4 nitrogen and oxygen atoms in total. The van der Waals surface area contributed by atoms with E-state index in [0.717, 1.165) is 5.56 Å². The second-order valence-electron chi connectivity index (χ2n) is 5.69. The number of nitrogens with one attached hydrogen (secondary N) is 1. The van der Waals surface area contributed by atoms with Gasteiger partial charge in [-0.05, 0) is 48.4 Å². The van der Waals surface area contributed by atoms with Crippen molar-refractivity contribution in [2.45, 2.75) is 19.8 Å². The summed E-state index contributed by atoms with van der Waals surface area (Å²) in [6.07, 6.45) is 0.840. The predicted molar refractivity (Wildman–Crippen MR) is 97.1 cm³/mol. The van der Waals surface area contributed by atoms with Crippen LogP contribution < -0.4 is 5.32 Å². The standard InChI is InChI=1S/C19H20ClFN2O2/c1-14(24)23(11-9-15-3-2-4-16(20)13-15)12-10-19(25)22-18-7-5-17(21)6-8-18/h2-8,13H,9-12H2,1H3,(H,22,25). The van der Waals surface area contributed by atoms with Gasteiger partial charge in [0.05, 0.1) is 0 Å². The fourth-order valence-electron chi connectivity index (χ4n) is 2.38. The highest BCUT2D eigenvalue weighted by molar-refractivity contribution is 6.30. The summed E-state index contributed by atoms with van der Waals surface area (Å²) in [5.74, 6) is -0.668. The van der Waals surface area contributed by atoms with Gasteiger partial charge in [-0.3, -0.25) is 9.59 Å². The van der Waals surface area contributed by atoms with Crippen LogP contribution in [0, 0.1) is 5.82 Å². The minimum Gasteiger partial charge on any atom is -0.342 e. The van der Waals surface area contributed by atoms with Crippen LogP contribution in [-0.2, 0) is 16.0 Å². The van der Waals surface area contributed by atoms with Crippen LogP contribution in [-0.4, -0.2) is 29.8 Å². The van der Waals surface area contributed by atoms with Crippen molar-refractivity contribution in [3.8, 4) is 0 Å². The first-order valence-electron chi connectivity index (χ1n) is 7.99. The van der Waals surface area contributed by atoms with Gasteiger partial charge in [-0.2, -0.15) is 0 Å². The largest absolute Gasteiger partial charge is 0.342 e. The summed E-state index contributed by atoms with van der Waals surface area (Å²) in [5, 5.41) is 3.34. The Kier molecular flexibility index (Phi) is 6.95. The van der Waals surface area contributed by atoms with Crippen LogP contribution in [0.1, 0.15) is 18.9 Å². The fourth-order valence-corrected chi connectivity index (χ4v) is 2.59. The summed E-state index contributed by atoms with van der Waals surface area (Å²) in [4.78, 5) is 25.4. The maximum atomic E-state index is 12.9. The maximum absolute atomic E-state index is 12.9. The number of anilines is 1. The van der Waals surface area contributed by atoms with E-state index in [-0.39, 0.29) is 24.1 Å². The lowest BCUT2D eigenvalue weighted by molar-refractivity contribution is -0.129. The summed E-state index contributed by atoms with van der Waals surface area (Å²) in [6, 6.07) is 13.0. The molecule has 2 rings (SSSR count). The number of halogens is 2. The first-order chi connectivity index (χ1) is 11.9. The van der Waals surface area contributed by atoms with Gasteiger partial charge < -0.3 is 10.2 Å². The van der Waals surface area contributed by atoms with Crippen LogP contribution in [0.4, 0.5) is 10.1 Å². The lowest BCUT2D eigenvalue weighted by Gasteiger charge is -2.21. The lowest BCUT2D eigenvalue weighted by Crippen LogP contribution is -2.33. The second kappa shape index (κ2) is 9.18. The number of amides is 2. The molecule has 0 aliphatic heterocycles. The SMILES string of the molecule is CC(=O)N(CCC(=O)Nc1ccc(F)cc1)CCc1cccc(Cl)c1. The molecule has 25 heavy (non-hydrogen) atoms. The van der Waals surface area contributed by atoms with E-state index in [1.54, 1.807) is 11.0 Å². The van der Waals surface area contributed by atoms with Gasteiger partial charge in [-0.1, -0.05) is 23.7 Å². The zero-order valence-corrected chi connectivity index (χ0v) is 14.7. The molecule has 132 valence electrons. The Hall–Kier alpha value is -2.40. The highest BCUT2D eigenvalue weighted by atomic mass is 35.5. The zero-order valence-electron chi connectivity index (χ0n) is 14.0. The quantitative estimate of drug-likeness (QED) is 0.812. The number of nitrogens with zero attached hydrogens (tertiary/aromatic N) is 1. The third-order valence-corrected chi connectivity index (χ3v) is 3.98. The molecule has 0 unspecified atom stereocenters. The molecule has 1 N–H and O–H groups in total. The Morgan fingerprint density at radius 3 is 2.48 bits per heavy atom. The first-order valence-corrected chi connectivity index (χ1v) is 8.37. The van der Waals surface area contributed by atoms with Gasteiger partial charge >= 0.3 is 0 Å². The van der Waals surface area contributed by atoms with Crippen molar-refractivity contribution >= 4 is 29.1 Å². The third kappa shape index (κ3) is 6.55. The number of hydrogen-bond donors (Lipinski definition) is 1. The van der Waals surface area contributed by atoms with E-state index >= 15 is 0 Å². The van der Waals surface area contributed by atoms with Crippen LogP contribution in [0.15, 0.2) is 48.5 Å². The molecule has 0 fully saturated rings. The molecule has 0 atom stereocenters. The van der Waals surface area contributed by atoms with Crippen LogP contribution in [0.5, 0.6) is 0 Å². The smallest absolute Gasteiger partial charge is 0.226 e. The molecule has 0 aliphatic rings. The summed E-state index contributed by atoms with van der Waals surface area (Å²) in [7, 11) is 0. The van der Waals surface area contributed by atoms with Crippen LogP contribution in [0.2, 0.25) is 5.02 Å². The van der Waals surface area contributed by atoms with Gasteiger partial charge in [0.1, 0.15) is 5.82 Å². The van der Waals surface area contributed by atoms with Gasteiger partial charge in [0, 0.05) is 37.1 Å². The Balaban J connectivity index is 1.83. The van der Waals surface area contributed by atoms with Crippen molar-refractivity contribution in [2.75, 3.05) is 18.4 Å². The molecule has 0 bridgehead atoms. The second-order valence-corrected chi connectivity index (χ2v) is 6.13. The van der Waals surface area contributed by atoms with Crippen molar-refractivity contribution in [3.63, 3.8) is 0 Å². The number of rotatable bonds is 7. The number of carbonyl (C=O) groups is 2. The minimum absolute atomic E-state index is 0.0865. The Labute approximate surface area is 151 Å². The van der Waals surface area contributed by atoms with E-state index < -0.39 is 0 Å². The van der Waals surface area contributed by atoms with E-state index in [1.165, 1.54) is 31.2 Å². The number of carbonyl (C=O) groups excluding carboxylic acids is 2. The van der Waals surface area contributed by atoms with E-state index in [9.17, 15) is 14.0 Å². The molecule has 0 saturated heterocycles. The Bertz CT molecular complexity index is 734. The summed E-state index contributed by atoms with van der Waals surface area (Å²) in [5.41, 5.74) is 1.56. The number of benzene rings is 2. The molecule has 2 aromatic carbocycles. The molecule has 0 aliphatic carbocycles. The average Bonchev–Trinajstić information content (AvgIpc) is 2.56. The molecular weight excluding hydrogens is 343 g/mol. The van der Waals surface area contributed by atoms with Crippen molar-refractivity contribution in [2.24, 2.45) is 0 Å².